The molecule has 0 bridgehead atoms. The number of rotatable bonds is 7. The summed E-state index contributed by atoms with van der Waals surface area (Å²) in [6, 6.07) is 6.68. The van der Waals surface area contributed by atoms with Gasteiger partial charge in [-0.3, -0.25) is 4.90 Å². The Labute approximate surface area is 163 Å². The van der Waals surface area contributed by atoms with Crippen molar-refractivity contribution in [1.82, 2.24) is 14.7 Å². The summed E-state index contributed by atoms with van der Waals surface area (Å²) in [6.45, 7) is 5.91. The van der Waals surface area contributed by atoms with Gasteiger partial charge in [0.15, 0.2) is 3.95 Å². The Kier molecular flexibility index (Phi) is 6.16. The van der Waals surface area contributed by atoms with Gasteiger partial charge >= 0.3 is 0 Å². The van der Waals surface area contributed by atoms with Crippen LogP contribution in [0.15, 0.2) is 18.2 Å². The van der Waals surface area contributed by atoms with Crippen molar-refractivity contribution >= 4 is 28.7 Å². The number of nitrogens with one attached hydrogen (secondary N) is 1. The lowest BCUT2D eigenvalue weighted by molar-refractivity contribution is 0.188. The van der Waals surface area contributed by atoms with Gasteiger partial charge in [-0.05, 0) is 45.0 Å². The van der Waals surface area contributed by atoms with Gasteiger partial charge in [0.2, 0.25) is 5.13 Å². The third-order valence-corrected chi connectivity index (χ3v) is 5.74. The van der Waals surface area contributed by atoms with Gasteiger partial charge in [0.25, 0.3) is 0 Å². The number of ether oxygens (including phenoxy) is 2. The first-order valence-corrected chi connectivity index (χ1v) is 10.0. The van der Waals surface area contributed by atoms with Crippen molar-refractivity contribution in [1.29, 1.82) is 0 Å². The van der Waals surface area contributed by atoms with Crippen molar-refractivity contribution < 1.29 is 9.47 Å². The van der Waals surface area contributed by atoms with E-state index in [0.717, 1.165) is 40.0 Å². The Morgan fingerprint density at radius 2 is 2.15 bits per heavy atom. The molecule has 1 N–H and O–H groups in total. The topological polar surface area (TPSA) is 51.5 Å². The molecule has 3 rings (SSSR count). The summed E-state index contributed by atoms with van der Waals surface area (Å²) in [7, 11) is 3.38. The molecule has 142 valence electrons. The Bertz CT molecular complexity index is 803. The number of hydrogen-bond acceptors (Lipinski definition) is 7. The smallest absolute Gasteiger partial charge is 0.204 e. The molecule has 1 aliphatic rings. The standard InChI is InChI=1S/C18H26N4O2S2/c1-12(2)19-17-20-22(18(25)26-17)11-21-9-5-6-15(21)14-8-7-13(23-3)10-16(14)24-4/h7-8,10,12,15H,5-6,9,11H2,1-4H3,(H,19,20). The van der Waals surface area contributed by atoms with Crippen LogP contribution < -0.4 is 14.8 Å². The van der Waals surface area contributed by atoms with E-state index < -0.39 is 0 Å². The Balaban J connectivity index is 1.81. The van der Waals surface area contributed by atoms with E-state index >= 15 is 0 Å². The number of nitrogens with zero attached hydrogens (tertiary/aromatic N) is 3. The number of benzene rings is 1. The predicted octanol–water partition coefficient (Wildman–Crippen LogP) is 4.31. The quantitative estimate of drug-likeness (QED) is 0.707. The van der Waals surface area contributed by atoms with Crippen molar-refractivity contribution in [2.75, 3.05) is 26.1 Å². The lowest BCUT2D eigenvalue weighted by atomic mass is 10.0. The lowest BCUT2D eigenvalue weighted by Gasteiger charge is -2.26. The zero-order chi connectivity index (χ0) is 18.7. The fourth-order valence-electron chi connectivity index (χ4n) is 3.31. The molecular formula is C18H26N4O2S2. The third kappa shape index (κ3) is 4.19. The summed E-state index contributed by atoms with van der Waals surface area (Å²) < 4.78 is 13.6. The molecule has 1 aromatic heterocycles. The molecule has 26 heavy (non-hydrogen) atoms. The van der Waals surface area contributed by atoms with Crippen LogP contribution in [0, 0.1) is 3.95 Å². The number of hydrogen-bond donors (Lipinski definition) is 1. The molecule has 0 amide bonds. The van der Waals surface area contributed by atoms with Gasteiger partial charge in [-0.15, -0.1) is 5.10 Å². The highest BCUT2D eigenvalue weighted by molar-refractivity contribution is 7.73. The second-order valence-corrected chi connectivity index (χ2v) is 8.31. The monoisotopic (exact) mass is 394 g/mol. The normalized spacial score (nSPS) is 17.7. The fourth-order valence-corrected chi connectivity index (χ4v) is 4.45. The minimum Gasteiger partial charge on any atom is -0.497 e. The molecule has 2 heterocycles. The first-order valence-electron chi connectivity index (χ1n) is 8.82. The van der Waals surface area contributed by atoms with Crippen molar-refractivity contribution in [2.24, 2.45) is 0 Å². The van der Waals surface area contributed by atoms with Crippen LogP contribution in [0.5, 0.6) is 11.5 Å². The summed E-state index contributed by atoms with van der Waals surface area (Å²) in [5, 5.41) is 8.85. The van der Waals surface area contributed by atoms with Crippen LogP contribution >= 0.6 is 23.6 Å². The second kappa shape index (κ2) is 8.37. The third-order valence-electron chi connectivity index (χ3n) is 4.50. The molecule has 8 heteroatoms. The average molecular weight is 395 g/mol. The molecule has 0 aliphatic carbocycles. The minimum absolute atomic E-state index is 0.293. The molecule has 1 saturated heterocycles. The molecular weight excluding hydrogens is 368 g/mol. The van der Waals surface area contributed by atoms with Gasteiger partial charge in [0.1, 0.15) is 11.5 Å². The second-order valence-electron chi connectivity index (χ2n) is 6.69. The summed E-state index contributed by atoms with van der Waals surface area (Å²) in [4.78, 5) is 2.42. The molecule has 6 nitrogen and oxygen atoms in total. The number of anilines is 1. The van der Waals surface area contributed by atoms with Crippen LogP contribution in [0.3, 0.4) is 0 Å². The maximum absolute atomic E-state index is 5.61. The van der Waals surface area contributed by atoms with Crippen LogP contribution in [-0.4, -0.2) is 41.5 Å². The molecule has 1 unspecified atom stereocenters. The van der Waals surface area contributed by atoms with E-state index in [-0.39, 0.29) is 0 Å². The Morgan fingerprint density at radius 1 is 1.35 bits per heavy atom. The highest BCUT2D eigenvalue weighted by atomic mass is 32.1. The molecule has 1 aliphatic heterocycles. The number of methoxy groups -OCH3 is 2. The Hall–Kier alpha value is -1.64. The van der Waals surface area contributed by atoms with E-state index in [1.54, 1.807) is 14.2 Å². The van der Waals surface area contributed by atoms with Gasteiger partial charge in [-0.1, -0.05) is 17.4 Å². The zero-order valence-corrected chi connectivity index (χ0v) is 17.3. The van der Waals surface area contributed by atoms with E-state index in [2.05, 4.69) is 35.2 Å². The van der Waals surface area contributed by atoms with Gasteiger partial charge in [-0.2, -0.15) is 0 Å². The highest BCUT2D eigenvalue weighted by Crippen LogP contribution is 2.39. The van der Waals surface area contributed by atoms with Gasteiger partial charge < -0.3 is 14.8 Å². The van der Waals surface area contributed by atoms with Crippen molar-refractivity contribution in [3.8, 4) is 11.5 Å². The van der Waals surface area contributed by atoms with Crippen molar-refractivity contribution in [2.45, 2.75) is 45.4 Å². The fraction of sp³-hybridized carbons (Fsp3) is 0.556. The lowest BCUT2D eigenvalue weighted by Crippen LogP contribution is -2.27. The SMILES string of the molecule is COc1ccc(C2CCCN2Cn2nc(NC(C)C)sc2=S)c(OC)c1. The van der Waals surface area contributed by atoms with Crippen molar-refractivity contribution in [3.63, 3.8) is 0 Å². The highest BCUT2D eigenvalue weighted by Gasteiger charge is 2.29. The van der Waals surface area contributed by atoms with Gasteiger partial charge in [0, 0.05) is 30.3 Å². The van der Waals surface area contributed by atoms with Crippen LogP contribution in [0.4, 0.5) is 5.13 Å². The molecule has 2 aromatic rings. The molecule has 1 fully saturated rings. The summed E-state index contributed by atoms with van der Waals surface area (Å²) in [6.07, 6.45) is 2.24. The summed E-state index contributed by atoms with van der Waals surface area (Å²) in [5.74, 6) is 1.67. The maximum atomic E-state index is 5.61. The van der Waals surface area contributed by atoms with E-state index in [4.69, 9.17) is 21.7 Å². The average Bonchev–Trinajstić information content (AvgIpc) is 3.20. The molecule has 0 radical (unpaired) electrons. The molecule has 0 saturated carbocycles. The first-order chi connectivity index (χ1) is 12.5. The van der Waals surface area contributed by atoms with E-state index in [1.807, 2.05) is 16.8 Å². The largest absolute Gasteiger partial charge is 0.497 e. The van der Waals surface area contributed by atoms with Gasteiger partial charge in [-0.25, -0.2) is 4.68 Å². The Morgan fingerprint density at radius 3 is 2.85 bits per heavy atom. The van der Waals surface area contributed by atoms with E-state index in [9.17, 15) is 0 Å². The molecule has 1 aromatic carbocycles. The minimum atomic E-state index is 0.293. The maximum Gasteiger partial charge on any atom is 0.204 e. The predicted molar refractivity (Wildman–Crippen MR) is 108 cm³/mol. The van der Waals surface area contributed by atoms with Gasteiger partial charge in [0.05, 0.1) is 20.9 Å². The van der Waals surface area contributed by atoms with E-state index in [0.29, 0.717) is 18.8 Å². The van der Waals surface area contributed by atoms with E-state index in [1.165, 1.54) is 16.9 Å². The van der Waals surface area contributed by atoms with Crippen LogP contribution in [0.2, 0.25) is 0 Å². The van der Waals surface area contributed by atoms with Crippen LogP contribution in [0.25, 0.3) is 0 Å². The molecule has 0 spiro atoms. The number of likely N-dealkylation sites (tertiary alicyclic amines) is 1. The van der Waals surface area contributed by atoms with Crippen LogP contribution in [-0.2, 0) is 6.67 Å². The zero-order valence-electron chi connectivity index (χ0n) is 15.7. The van der Waals surface area contributed by atoms with Crippen molar-refractivity contribution in [3.05, 3.63) is 27.7 Å². The summed E-state index contributed by atoms with van der Waals surface area (Å²) >= 11 is 7.03. The van der Waals surface area contributed by atoms with Crippen LogP contribution in [0.1, 0.15) is 38.3 Å². The first kappa shape index (κ1) is 19.1. The number of aromatic nitrogens is 2. The summed E-state index contributed by atoms with van der Waals surface area (Å²) in [5.41, 5.74) is 1.19. The molecule has 1 atom stereocenters.